The van der Waals surface area contributed by atoms with Gasteiger partial charge in [-0.1, -0.05) is 0 Å². The van der Waals surface area contributed by atoms with Crippen LogP contribution in [0.5, 0.6) is 0 Å². The molecule has 0 unspecified atom stereocenters. The van der Waals surface area contributed by atoms with Gasteiger partial charge in [0.15, 0.2) is 0 Å². The molecule has 1 heterocycles. The maximum absolute atomic E-state index is 8.10. The Balaban J connectivity index is 2.67. The van der Waals surface area contributed by atoms with Gasteiger partial charge in [-0.2, -0.15) is 10.4 Å². The summed E-state index contributed by atoms with van der Waals surface area (Å²) in [5.41, 5.74) is 0. The molecule has 0 bridgehead atoms. The summed E-state index contributed by atoms with van der Waals surface area (Å²) >= 11 is 0. The third kappa shape index (κ3) is 0.819. The first kappa shape index (κ1) is 4.78. The van der Waals surface area contributed by atoms with Gasteiger partial charge in [0.05, 0.1) is 12.5 Å². The Morgan fingerprint density at radius 3 is 3.25 bits per heavy atom. The molecule has 0 fully saturated rings. The van der Waals surface area contributed by atoms with Gasteiger partial charge in [0.25, 0.3) is 0 Å². The van der Waals surface area contributed by atoms with Crippen molar-refractivity contribution in [2.24, 2.45) is 0 Å². The number of aromatic nitrogens is 3. The van der Waals surface area contributed by atoms with E-state index in [0.717, 1.165) is 0 Å². The summed E-state index contributed by atoms with van der Waals surface area (Å²) in [6.07, 6.45) is 1.69. The Hall–Kier alpha value is -1.37. The molecule has 4 heteroatoms. The highest BCUT2D eigenvalue weighted by Crippen LogP contribution is 1.82. The SMILES string of the molecule is N#CCc1ncn[nH]1. The normalized spacial score (nSPS) is 8.38. The van der Waals surface area contributed by atoms with Crippen molar-refractivity contribution in [2.45, 2.75) is 6.42 Å². The minimum atomic E-state index is 0.306. The zero-order valence-electron chi connectivity index (χ0n) is 4.13. The molecule has 1 aromatic heterocycles. The van der Waals surface area contributed by atoms with E-state index in [0.29, 0.717) is 12.2 Å². The molecule has 0 aliphatic heterocycles. The van der Waals surface area contributed by atoms with Crippen LogP contribution in [0, 0.1) is 11.3 Å². The van der Waals surface area contributed by atoms with E-state index in [9.17, 15) is 0 Å². The number of rotatable bonds is 1. The number of hydrogen-bond acceptors (Lipinski definition) is 3. The molecular weight excluding hydrogens is 104 g/mol. The van der Waals surface area contributed by atoms with E-state index in [-0.39, 0.29) is 0 Å². The number of nitrogens with zero attached hydrogens (tertiary/aromatic N) is 3. The van der Waals surface area contributed by atoms with Gasteiger partial charge in [0, 0.05) is 0 Å². The van der Waals surface area contributed by atoms with Crippen LogP contribution < -0.4 is 0 Å². The van der Waals surface area contributed by atoms with E-state index in [1.54, 1.807) is 0 Å². The summed E-state index contributed by atoms with van der Waals surface area (Å²) in [6.45, 7) is 0. The Morgan fingerprint density at radius 1 is 1.88 bits per heavy atom. The number of aromatic amines is 1. The van der Waals surface area contributed by atoms with Crippen LogP contribution in [-0.2, 0) is 6.42 Å². The summed E-state index contributed by atoms with van der Waals surface area (Å²) in [6, 6.07) is 1.94. The lowest BCUT2D eigenvalue weighted by molar-refractivity contribution is 0.995. The summed E-state index contributed by atoms with van der Waals surface area (Å²) in [4.78, 5) is 3.72. The minimum Gasteiger partial charge on any atom is -0.262 e. The summed E-state index contributed by atoms with van der Waals surface area (Å²) in [5.74, 6) is 0.618. The van der Waals surface area contributed by atoms with Crippen molar-refractivity contribution in [2.75, 3.05) is 0 Å². The van der Waals surface area contributed by atoms with Crippen molar-refractivity contribution in [3.05, 3.63) is 12.2 Å². The summed E-state index contributed by atoms with van der Waals surface area (Å²) in [5, 5.41) is 14.2. The van der Waals surface area contributed by atoms with E-state index in [1.807, 2.05) is 6.07 Å². The predicted molar refractivity (Wildman–Crippen MR) is 25.7 cm³/mol. The molecule has 1 rings (SSSR count). The zero-order valence-corrected chi connectivity index (χ0v) is 4.13. The molecule has 1 N–H and O–H groups in total. The lowest BCUT2D eigenvalue weighted by Gasteiger charge is -1.75. The quantitative estimate of drug-likeness (QED) is 0.545. The molecule has 0 atom stereocenters. The fraction of sp³-hybridized carbons (Fsp3) is 0.250. The topological polar surface area (TPSA) is 65.4 Å². The van der Waals surface area contributed by atoms with Crippen molar-refractivity contribution in [3.8, 4) is 6.07 Å². The van der Waals surface area contributed by atoms with Crippen LogP contribution in [-0.4, -0.2) is 15.2 Å². The second-order valence-electron chi connectivity index (χ2n) is 1.27. The number of H-pyrrole nitrogens is 1. The molecule has 0 aromatic carbocycles. The molecule has 0 radical (unpaired) electrons. The molecule has 4 nitrogen and oxygen atoms in total. The number of hydrogen-bond donors (Lipinski definition) is 1. The van der Waals surface area contributed by atoms with Gasteiger partial charge < -0.3 is 0 Å². The Labute approximate surface area is 46.2 Å². The fourth-order valence-electron chi connectivity index (χ4n) is 0.391. The average molecular weight is 108 g/mol. The van der Waals surface area contributed by atoms with Crippen LogP contribution in [0.2, 0.25) is 0 Å². The molecule has 1 aromatic rings. The Bertz CT molecular complexity index is 182. The van der Waals surface area contributed by atoms with Crippen molar-refractivity contribution in [1.29, 1.82) is 5.26 Å². The largest absolute Gasteiger partial charge is 0.262 e. The summed E-state index contributed by atoms with van der Waals surface area (Å²) < 4.78 is 0. The highest BCUT2D eigenvalue weighted by Gasteiger charge is 1.88. The first-order valence-electron chi connectivity index (χ1n) is 2.14. The molecule has 0 spiro atoms. The molecule has 8 heavy (non-hydrogen) atoms. The van der Waals surface area contributed by atoms with E-state index in [4.69, 9.17) is 5.26 Å². The number of nitrogens with one attached hydrogen (secondary N) is 1. The maximum Gasteiger partial charge on any atom is 0.138 e. The van der Waals surface area contributed by atoms with Crippen molar-refractivity contribution in [3.63, 3.8) is 0 Å². The third-order valence-corrected chi connectivity index (χ3v) is 0.711. The van der Waals surface area contributed by atoms with E-state index in [1.165, 1.54) is 6.33 Å². The standard InChI is InChI=1S/C4H4N4/c5-2-1-4-6-3-7-8-4/h3H,1H2,(H,6,7,8). The zero-order chi connectivity index (χ0) is 5.82. The van der Waals surface area contributed by atoms with Crippen molar-refractivity contribution >= 4 is 0 Å². The molecular formula is C4H4N4. The summed E-state index contributed by atoms with van der Waals surface area (Å²) in [7, 11) is 0. The Morgan fingerprint density at radius 2 is 2.75 bits per heavy atom. The first-order chi connectivity index (χ1) is 3.93. The van der Waals surface area contributed by atoms with Gasteiger partial charge >= 0.3 is 0 Å². The highest BCUT2D eigenvalue weighted by atomic mass is 15.2. The second kappa shape index (κ2) is 2.07. The molecule has 0 saturated carbocycles. The van der Waals surface area contributed by atoms with Gasteiger partial charge in [-0.25, -0.2) is 4.98 Å². The molecule has 0 saturated heterocycles. The fourth-order valence-corrected chi connectivity index (χ4v) is 0.391. The Kier molecular flexibility index (Phi) is 1.24. The van der Waals surface area contributed by atoms with E-state index in [2.05, 4.69) is 15.2 Å². The van der Waals surface area contributed by atoms with Gasteiger partial charge in [-0.3, -0.25) is 5.10 Å². The lowest BCUT2D eigenvalue weighted by atomic mass is 10.5. The second-order valence-corrected chi connectivity index (χ2v) is 1.27. The van der Waals surface area contributed by atoms with Crippen molar-refractivity contribution < 1.29 is 0 Å². The highest BCUT2D eigenvalue weighted by molar-refractivity contribution is 4.90. The van der Waals surface area contributed by atoms with E-state index >= 15 is 0 Å². The smallest absolute Gasteiger partial charge is 0.138 e. The average Bonchev–Trinajstić information content (AvgIpc) is 2.19. The van der Waals surface area contributed by atoms with Crippen LogP contribution >= 0.6 is 0 Å². The molecule has 0 aliphatic rings. The van der Waals surface area contributed by atoms with Crippen LogP contribution in [0.3, 0.4) is 0 Å². The van der Waals surface area contributed by atoms with Crippen molar-refractivity contribution in [1.82, 2.24) is 15.2 Å². The van der Waals surface area contributed by atoms with Crippen LogP contribution in [0.4, 0.5) is 0 Å². The van der Waals surface area contributed by atoms with E-state index < -0.39 is 0 Å². The van der Waals surface area contributed by atoms with Crippen LogP contribution in [0.25, 0.3) is 0 Å². The van der Waals surface area contributed by atoms with Gasteiger partial charge in [0.1, 0.15) is 12.2 Å². The molecule has 40 valence electrons. The molecule has 0 amide bonds. The monoisotopic (exact) mass is 108 g/mol. The van der Waals surface area contributed by atoms with Gasteiger partial charge in [-0.15, -0.1) is 0 Å². The predicted octanol–water partition coefficient (Wildman–Crippen LogP) is -0.129. The minimum absolute atomic E-state index is 0.306. The number of nitriles is 1. The first-order valence-corrected chi connectivity index (χ1v) is 2.14. The lowest BCUT2D eigenvalue weighted by Crippen LogP contribution is -1.82. The van der Waals surface area contributed by atoms with Crippen LogP contribution in [0.1, 0.15) is 5.82 Å². The van der Waals surface area contributed by atoms with Gasteiger partial charge in [-0.05, 0) is 0 Å². The third-order valence-electron chi connectivity index (χ3n) is 0.711. The maximum atomic E-state index is 8.10. The van der Waals surface area contributed by atoms with Crippen LogP contribution in [0.15, 0.2) is 6.33 Å². The molecule has 0 aliphatic carbocycles. The van der Waals surface area contributed by atoms with Gasteiger partial charge in [0.2, 0.25) is 0 Å².